The average Bonchev–Trinajstić information content (AvgIpc) is 3.12. The van der Waals surface area contributed by atoms with Crippen molar-refractivity contribution in [3.8, 4) is 11.3 Å². The molecule has 0 atom stereocenters. The molecule has 1 heterocycles. The largest absolute Gasteiger partial charge is 0.459 e. The van der Waals surface area contributed by atoms with E-state index in [1.165, 1.54) is 5.56 Å². The van der Waals surface area contributed by atoms with E-state index in [0.29, 0.717) is 27.8 Å². The van der Waals surface area contributed by atoms with Gasteiger partial charge in [-0.15, -0.1) is 0 Å². The van der Waals surface area contributed by atoms with Crippen LogP contribution in [0.5, 0.6) is 0 Å². The van der Waals surface area contributed by atoms with E-state index in [2.05, 4.69) is 12.2 Å². The molecular formula is C20H18ClNO3. The monoisotopic (exact) mass is 355 g/mol. The van der Waals surface area contributed by atoms with Crippen LogP contribution in [0.2, 0.25) is 5.02 Å². The number of anilines is 1. The summed E-state index contributed by atoms with van der Waals surface area (Å²) < 4.78 is 5.52. The number of rotatable bonds is 5. The van der Waals surface area contributed by atoms with Crippen LogP contribution in [-0.4, -0.2) is 11.0 Å². The van der Waals surface area contributed by atoms with Crippen molar-refractivity contribution in [2.75, 3.05) is 5.32 Å². The number of benzene rings is 2. The molecule has 0 radical (unpaired) electrons. The van der Waals surface area contributed by atoms with Gasteiger partial charge in [0.15, 0.2) is 0 Å². The molecule has 0 saturated heterocycles. The molecule has 0 aliphatic carbocycles. The second-order valence-corrected chi connectivity index (χ2v) is 6.03. The quantitative estimate of drug-likeness (QED) is 0.683. The van der Waals surface area contributed by atoms with Crippen LogP contribution in [0, 0.1) is 0 Å². The first kappa shape index (κ1) is 17.3. The predicted octanol–water partition coefficient (Wildman–Crippen LogP) is 4.91. The number of aliphatic hydroxyl groups is 1. The fourth-order valence-electron chi connectivity index (χ4n) is 2.48. The average molecular weight is 356 g/mol. The van der Waals surface area contributed by atoms with Gasteiger partial charge in [-0.3, -0.25) is 4.79 Å². The summed E-state index contributed by atoms with van der Waals surface area (Å²) in [6.45, 7) is 1.90. The van der Waals surface area contributed by atoms with E-state index < -0.39 is 0 Å². The lowest BCUT2D eigenvalue weighted by atomic mass is 10.1. The van der Waals surface area contributed by atoms with Gasteiger partial charge in [-0.1, -0.05) is 30.7 Å². The number of nitrogens with one attached hydrogen (secondary N) is 1. The maximum Gasteiger partial charge on any atom is 0.255 e. The van der Waals surface area contributed by atoms with Gasteiger partial charge in [0, 0.05) is 11.1 Å². The van der Waals surface area contributed by atoms with Crippen LogP contribution in [0.3, 0.4) is 0 Å². The Morgan fingerprint density at radius 2 is 1.88 bits per heavy atom. The zero-order valence-electron chi connectivity index (χ0n) is 13.8. The Bertz CT molecular complexity index is 884. The molecular weight excluding hydrogens is 338 g/mol. The van der Waals surface area contributed by atoms with Crippen LogP contribution < -0.4 is 5.32 Å². The number of hydrogen-bond donors (Lipinski definition) is 2. The smallest absolute Gasteiger partial charge is 0.255 e. The topological polar surface area (TPSA) is 62.5 Å². The van der Waals surface area contributed by atoms with Gasteiger partial charge in [0.2, 0.25) is 0 Å². The number of amides is 1. The lowest BCUT2D eigenvalue weighted by molar-refractivity contribution is 0.102. The molecule has 3 aromatic rings. The minimum atomic E-state index is -0.225. The summed E-state index contributed by atoms with van der Waals surface area (Å²) in [5.41, 5.74) is 3.01. The zero-order chi connectivity index (χ0) is 17.8. The molecule has 1 amide bonds. The minimum absolute atomic E-state index is 0.162. The molecule has 2 aromatic carbocycles. The van der Waals surface area contributed by atoms with Crippen molar-refractivity contribution in [2.45, 2.75) is 20.0 Å². The van der Waals surface area contributed by atoms with Gasteiger partial charge in [-0.2, -0.15) is 0 Å². The Balaban J connectivity index is 1.83. The zero-order valence-corrected chi connectivity index (χ0v) is 14.5. The molecule has 0 aliphatic rings. The van der Waals surface area contributed by atoms with E-state index in [9.17, 15) is 4.79 Å². The highest BCUT2D eigenvalue weighted by Crippen LogP contribution is 2.30. The first-order valence-corrected chi connectivity index (χ1v) is 8.38. The maximum atomic E-state index is 12.4. The van der Waals surface area contributed by atoms with Crippen molar-refractivity contribution in [1.29, 1.82) is 0 Å². The SMILES string of the molecule is CCc1ccc(C(=O)Nc2cc(-c3ccc(CO)o3)ccc2Cl)cc1. The van der Waals surface area contributed by atoms with Gasteiger partial charge < -0.3 is 14.8 Å². The first-order valence-electron chi connectivity index (χ1n) is 8.00. The Morgan fingerprint density at radius 3 is 2.52 bits per heavy atom. The van der Waals surface area contributed by atoms with E-state index in [1.807, 2.05) is 12.1 Å². The number of aryl methyl sites for hydroxylation is 1. The van der Waals surface area contributed by atoms with Crippen molar-refractivity contribution < 1.29 is 14.3 Å². The third kappa shape index (κ3) is 3.92. The van der Waals surface area contributed by atoms with E-state index in [4.69, 9.17) is 21.1 Å². The Hall–Kier alpha value is -2.56. The summed E-state index contributed by atoms with van der Waals surface area (Å²) in [4.78, 5) is 12.4. The molecule has 0 fully saturated rings. The van der Waals surface area contributed by atoms with E-state index in [1.54, 1.807) is 42.5 Å². The second kappa shape index (κ2) is 7.55. The molecule has 0 saturated carbocycles. The van der Waals surface area contributed by atoms with Gasteiger partial charge in [0.05, 0.1) is 10.7 Å². The van der Waals surface area contributed by atoms with Gasteiger partial charge in [-0.25, -0.2) is 0 Å². The summed E-state index contributed by atoms with van der Waals surface area (Å²) in [5.74, 6) is 0.854. The molecule has 0 unspecified atom stereocenters. The highest BCUT2D eigenvalue weighted by atomic mass is 35.5. The van der Waals surface area contributed by atoms with Crippen LogP contribution in [0.4, 0.5) is 5.69 Å². The number of furan rings is 1. The Morgan fingerprint density at radius 1 is 1.12 bits per heavy atom. The lowest BCUT2D eigenvalue weighted by Crippen LogP contribution is -2.12. The number of aliphatic hydroxyl groups excluding tert-OH is 1. The lowest BCUT2D eigenvalue weighted by Gasteiger charge is -2.09. The molecule has 0 spiro atoms. The summed E-state index contributed by atoms with van der Waals surface area (Å²) in [6, 6.07) is 16.2. The first-order chi connectivity index (χ1) is 12.1. The Kier molecular flexibility index (Phi) is 5.22. The normalized spacial score (nSPS) is 10.7. The third-order valence-electron chi connectivity index (χ3n) is 3.94. The molecule has 0 bridgehead atoms. The summed E-state index contributed by atoms with van der Waals surface area (Å²) in [6.07, 6.45) is 0.925. The van der Waals surface area contributed by atoms with Gasteiger partial charge in [0.1, 0.15) is 18.1 Å². The van der Waals surface area contributed by atoms with Gasteiger partial charge in [0.25, 0.3) is 5.91 Å². The number of hydrogen-bond acceptors (Lipinski definition) is 3. The number of carbonyl (C=O) groups is 1. The molecule has 25 heavy (non-hydrogen) atoms. The van der Waals surface area contributed by atoms with E-state index >= 15 is 0 Å². The fraction of sp³-hybridized carbons (Fsp3) is 0.150. The van der Waals surface area contributed by atoms with Gasteiger partial charge in [-0.05, 0) is 54.4 Å². The molecule has 4 nitrogen and oxygen atoms in total. The van der Waals surface area contributed by atoms with Crippen LogP contribution in [-0.2, 0) is 13.0 Å². The highest BCUT2D eigenvalue weighted by Gasteiger charge is 2.11. The molecule has 3 rings (SSSR count). The highest BCUT2D eigenvalue weighted by molar-refractivity contribution is 6.34. The maximum absolute atomic E-state index is 12.4. The van der Waals surface area contributed by atoms with Gasteiger partial charge >= 0.3 is 0 Å². The van der Waals surface area contributed by atoms with Crippen LogP contribution >= 0.6 is 11.6 Å². The van der Waals surface area contributed by atoms with Crippen molar-refractivity contribution in [1.82, 2.24) is 0 Å². The minimum Gasteiger partial charge on any atom is -0.459 e. The number of carbonyl (C=O) groups excluding carboxylic acids is 1. The van der Waals surface area contributed by atoms with E-state index in [0.717, 1.165) is 12.0 Å². The predicted molar refractivity (Wildman–Crippen MR) is 98.9 cm³/mol. The molecule has 5 heteroatoms. The van der Waals surface area contributed by atoms with Crippen molar-refractivity contribution in [3.63, 3.8) is 0 Å². The van der Waals surface area contributed by atoms with Crippen molar-refractivity contribution in [2.24, 2.45) is 0 Å². The van der Waals surface area contributed by atoms with E-state index in [-0.39, 0.29) is 12.5 Å². The molecule has 1 aromatic heterocycles. The molecule has 2 N–H and O–H groups in total. The van der Waals surface area contributed by atoms with Crippen LogP contribution in [0.15, 0.2) is 59.0 Å². The second-order valence-electron chi connectivity index (χ2n) is 5.62. The Labute approximate surface area is 151 Å². The molecule has 0 aliphatic heterocycles. The summed E-state index contributed by atoms with van der Waals surface area (Å²) >= 11 is 6.21. The third-order valence-corrected chi connectivity index (χ3v) is 4.27. The number of halogens is 1. The van der Waals surface area contributed by atoms with Crippen LogP contribution in [0.1, 0.15) is 28.6 Å². The fourth-order valence-corrected chi connectivity index (χ4v) is 2.64. The van der Waals surface area contributed by atoms with Crippen molar-refractivity contribution in [3.05, 3.63) is 76.5 Å². The standard InChI is InChI=1S/C20H18ClNO3/c1-2-13-3-5-14(6-4-13)20(24)22-18-11-15(7-9-17(18)21)19-10-8-16(12-23)25-19/h3-11,23H,2,12H2,1H3,(H,22,24). The summed E-state index contributed by atoms with van der Waals surface area (Å²) in [7, 11) is 0. The van der Waals surface area contributed by atoms with Crippen LogP contribution in [0.25, 0.3) is 11.3 Å². The van der Waals surface area contributed by atoms with Crippen molar-refractivity contribution >= 4 is 23.2 Å². The summed E-state index contributed by atoms with van der Waals surface area (Å²) in [5, 5.41) is 12.4. The molecule has 128 valence electrons.